The fourth-order valence-electron chi connectivity index (χ4n) is 3.98. The number of hydrogen-bond donors (Lipinski definition) is 0. The summed E-state index contributed by atoms with van der Waals surface area (Å²) in [5, 5.41) is 0. The van der Waals surface area contributed by atoms with E-state index in [1.54, 1.807) is 5.57 Å². The summed E-state index contributed by atoms with van der Waals surface area (Å²) in [6.45, 7) is 9.08. The first-order valence-electron chi connectivity index (χ1n) is 6.50. The molecule has 0 amide bonds. The molecule has 88 valence electrons. The van der Waals surface area contributed by atoms with Crippen LogP contribution in [0.5, 0.6) is 0 Å². The van der Waals surface area contributed by atoms with E-state index in [4.69, 9.17) is 4.74 Å². The second-order valence-corrected chi connectivity index (χ2v) is 6.36. The van der Waals surface area contributed by atoms with Crippen molar-refractivity contribution in [3.05, 3.63) is 23.3 Å². The Morgan fingerprint density at radius 3 is 2.69 bits per heavy atom. The first-order chi connectivity index (χ1) is 7.46. The van der Waals surface area contributed by atoms with Crippen molar-refractivity contribution in [2.75, 3.05) is 0 Å². The molecule has 0 aromatic rings. The minimum Gasteiger partial charge on any atom is -0.364 e. The number of rotatable bonds is 0. The van der Waals surface area contributed by atoms with Crippen LogP contribution in [0, 0.1) is 11.8 Å². The van der Waals surface area contributed by atoms with Crippen LogP contribution in [-0.2, 0) is 4.74 Å². The third-order valence-corrected chi connectivity index (χ3v) is 5.14. The second kappa shape index (κ2) is 3.01. The van der Waals surface area contributed by atoms with Gasteiger partial charge >= 0.3 is 0 Å². The number of fused-ring (bicyclic) bond motifs is 1. The first kappa shape index (κ1) is 10.6. The second-order valence-electron chi connectivity index (χ2n) is 6.36. The zero-order valence-corrected chi connectivity index (χ0v) is 10.8. The highest BCUT2D eigenvalue weighted by Gasteiger charge is 2.57. The van der Waals surface area contributed by atoms with E-state index in [9.17, 15) is 0 Å². The molecule has 2 aliphatic carbocycles. The number of hydrogen-bond acceptors (Lipinski definition) is 1. The summed E-state index contributed by atoms with van der Waals surface area (Å²) in [4.78, 5) is 0. The molecule has 16 heavy (non-hydrogen) atoms. The van der Waals surface area contributed by atoms with Gasteiger partial charge in [-0.3, -0.25) is 0 Å². The van der Waals surface area contributed by atoms with Gasteiger partial charge in [0.1, 0.15) is 0 Å². The predicted octanol–water partition coefficient (Wildman–Crippen LogP) is 3.86. The molecule has 0 unspecified atom stereocenters. The van der Waals surface area contributed by atoms with E-state index in [1.165, 1.54) is 24.8 Å². The van der Waals surface area contributed by atoms with Crippen molar-refractivity contribution in [1.82, 2.24) is 0 Å². The Balaban J connectivity index is 2.11. The average molecular weight is 218 g/mol. The molecule has 0 radical (unpaired) electrons. The van der Waals surface area contributed by atoms with Crippen molar-refractivity contribution < 1.29 is 4.74 Å². The predicted molar refractivity (Wildman–Crippen MR) is 66.2 cm³/mol. The fraction of sp³-hybridized carbons (Fsp3) is 0.733. The molecule has 1 heteroatoms. The normalized spacial score (nSPS) is 44.8. The minimum atomic E-state index is 0.0469. The molecule has 0 N–H and O–H groups in total. The Morgan fingerprint density at radius 1 is 1.19 bits per heavy atom. The van der Waals surface area contributed by atoms with E-state index in [1.807, 2.05) is 0 Å². The van der Waals surface area contributed by atoms with Crippen molar-refractivity contribution >= 4 is 0 Å². The van der Waals surface area contributed by atoms with Gasteiger partial charge in [-0.2, -0.15) is 0 Å². The summed E-state index contributed by atoms with van der Waals surface area (Å²) in [6, 6.07) is 0. The highest BCUT2D eigenvalue weighted by molar-refractivity contribution is 5.35. The monoisotopic (exact) mass is 218 g/mol. The zero-order chi connectivity index (χ0) is 11.6. The summed E-state index contributed by atoms with van der Waals surface area (Å²) >= 11 is 0. The molecule has 3 aliphatic rings. The number of allylic oxidation sites excluding steroid dienone is 2. The molecule has 1 saturated heterocycles. The Labute approximate surface area is 98.6 Å². The van der Waals surface area contributed by atoms with Gasteiger partial charge in [0.25, 0.3) is 0 Å². The highest BCUT2D eigenvalue weighted by atomic mass is 16.5. The lowest BCUT2D eigenvalue weighted by Gasteiger charge is -2.37. The largest absolute Gasteiger partial charge is 0.364 e. The van der Waals surface area contributed by atoms with Gasteiger partial charge in [-0.1, -0.05) is 17.7 Å². The molecule has 3 rings (SSSR count). The van der Waals surface area contributed by atoms with Crippen LogP contribution in [-0.4, -0.2) is 11.2 Å². The molecular formula is C15H22O. The Bertz CT molecular complexity index is 388. The molecule has 1 nitrogen and oxygen atoms in total. The lowest BCUT2D eigenvalue weighted by Crippen LogP contribution is -2.39. The van der Waals surface area contributed by atoms with E-state index < -0.39 is 0 Å². The van der Waals surface area contributed by atoms with E-state index in [0.29, 0.717) is 11.8 Å². The van der Waals surface area contributed by atoms with Gasteiger partial charge in [-0.05, 0) is 58.4 Å². The van der Waals surface area contributed by atoms with Gasteiger partial charge in [0, 0.05) is 5.92 Å². The molecule has 1 fully saturated rings. The Morgan fingerprint density at radius 2 is 1.94 bits per heavy atom. The maximum atomic E-state index is 6.54. The molecule has 2 bridgehead atoms. The molecule has 0 saturated carbocycles. The van der Waals surface area contributed by atoms with Crippen LogP contribution in [0.25, 0.3) is 0 Å². The Kier molecular flexibility index (Phi) is 1.99. The van der Waals surface area contributed by atoms with E-state index in [0.717, 1.165) is 0 Å². The molecule has 1 heterocycles. The summed E-state index contributed by atoms with van der Waals surface area (Å²) in [6.07, 6.45) is 8.46. The van der Waals surface area contributed by atoms with Gasteiger partial charge in [0.15, 0.2) is 0 Å². The number of ether oxygens (including phenoxy) is 1. The van der Waals surface area contributed by atoms with Crippen molar-refractivity contribution in [3.63, 3.8) is 0 Å². The highest BCUT2D eigenvalue weighted by Crippen LogP contribution is 2.57. The quantitative estimate of drug-likeness (QED) is 0.561. The first-order valence-corrected chi connectivity index (χ1v) is 6.50. The van der Waals surface area contributed by atoms with Crippen LogP contribution in [0.15, 0.2) is 23.3 Å². The third-order valence-electron chi connectivity index (χ3n) is 5.14. The Hall–Kier alpha value is -0.560. The maximum absolute atomic E-state index is 6.54. The maximum Gasteiger partial charge on any atom is 0.0967 e. The van der Waals surface area contributed by atoms with E-state index in [-0.39, 0.29) is 11.2 Å². The van der Waals surface area contributed by atoms with Gasteiger partial charge in [-0.15, -0.1) is 0 Å². The van der Waals surface area contributed by atoms with Crippen LogP contribution in [0.4, 0.5) is 0 Å². The minimum absolute atomic E-state index is 0.0469. The van der Waals surface area contributed by atoms with Crippen LogP contribution < -0.4 is 0 Å². The van der Waals surface area contributed by atoms with Crippen LogP contribution in [0.1, 0.15) is 47.0 Å². The topological polar surface area (TPSA) is 9.23 Å². The van der Waals surface area contributed by atoms with Crippen LogP contribution in [0.2, 0.25) is 0 Å². The molecule has 0 aromatic heterocycles. The van der Waals surface area contributed by atoms with Gasteiger partial charge in [0.05, 0.1) is 11.2 Å². The summed E-state index contributed by atoms with van der Waals surface area (Å²) < 4.78 is 6.54. The lowest BCUT2D eigenvalue weighted by molar-refractivity contribution is -0.0913. The molecule has 3 atom stereocenters. The SMILES string of the molecule is CC1=CC[C@H]2C[C@@]3(OC2(C)C)C(C)=CC[C@@H]13. The van der Waals surface area contributed by atoms with Gasteiger partial charge in [-0.25, -0.2) is 0 Å². The molecule has 0 aromatic carbocycles. The van der Waals surface area contributed by atoms with Crippen molar-refractivity contribution in [2.24, 2.45) is 11.8 Å². The van der Waals surface area contributed by atoms with Gasteiger partial charge < -0.3 is 4.74 Å². The fourth-order valence-corrected chi connectivity index (χ4v) is 3.98. The summed E-state index contributed by atoms with van der Waals surface area (Å²) in [7, 11) is 0. The van der Waals surface area contributed by atoms with Crippen LogP contribution >= 0.6 is 0 Å². The summed E-state index contributed by atoms with van der Waals surface area (Å²) in [5.41, 5.74) is 3.12. The van der Waals surface area contributed by atoms with E-state index in [2.05, 4.69) is 39.8 Å². The summed E-state index contributed by atoms with van der Waals surface area (Å²) in [5.74, 6) is 1.30. The molecule has 1 spiro atoms. The van der Waals surface area contributed by atoms with E-state index >= 15 is 0 Å². The zero-order valence-electron chi connectivity index (χ0n) is 10.8. The lowest BCUT2D eigenvalue weighted by atomic mass is 9.79. The third kappa shape index (κ3) is 1.15. The molecular weight excluding hydrogens is 196 g/mol. The standard InChI is InChI=1S/C15H22O/c1-10-5-7-12-9-15(16-14(12,3)4)11(2)6-8-13(10)15/h5-6,12-13H,7-9H2,1-4H3/t12-,13-,15+/m0/s1. The van der Waals surface area contributed by atoms with Gasteiger partial charge in [0.2, 0.25) is 0 Å². The van der Waals surface area contributed by atoms with Crippen LogP contribution in [0.3, 0.4) is 0 Å². The molecule has 1 aliphatic heterocycles. The van der Waals surface area contributed by atoms with Crippen molar-refractivity contribution in [1.29, 1.82) is 0 Å². The average Bonchev–Trinajstić information content (AvgIpc) is 2.57. The van der Waals surface area contributed by atoms with Crippen molar-refractivity contribution in [3.8, 4) is 0 Å². The van der Waals surface area contributed by atoms with Crippen molar-refractivity contribution in [2.45, 2.75) is 58.2 Å². The smallest absolute Gasteiger partial charge is 0.0967 e.